The number of benzene rings is 2. The van der Waals surface area contributed by atoms with E-state index in [9.17, 15) is 15.4 Å². The molecule has 0 radical (unpaired) electrons. The van der Waals surface area contributed by atoms with E-state index in [0.717, 1.165) is 0 Å². The van der Waals surface area contributed by atoms with Gasteiger partial charge in [0.15, 0.2) is 0 Å². The highest BCUT2D eigenvalue weighted by Gasteiger charge is 2.22. The number of nitriles is 1. The summed E-state index contributed by atoms with van der Waals surface area (Å²) in [6, 6.07) is 15.7. The lowest BCUT2D eigenvalue weighted by Gasteiger charge is -2.10. The van der Waals surface area contributed by atoms with E-state index in [-0.39, 0.29) is 5.69 Å². The summed E-state index contributed by atoms with van der Waals surface area (Å²) in [5, 5.41) is 21.8. The summed E-state index contributed by atoms with van der Waals surface area (Å²) in [7, 11) is 0. The van der Waals surface area contributed by atoms with Gasteiger partial charge in [-0.1, -0.05) is 18.2 Å². The molecule has 0 aliphatic heterocycles. The van der Waals surface area contributed by atoms with Crippen LogP contribution in [0.2, 0.25) is 0 Å². The van der Waals surface area contributed by atoms with Gasteiger partial charge in [0.2, 0.25) is 0 Å². The Morgan fingerprint density at radius 2 is 1.86 bits per heavy atom. The Morgan fingerprint density at radius 3 is 2.48 bits per heavy atom. The third-order valence-corrected chi connectivity index (χ3v) is 3.40. The molecule has 2 aromatic carbocycles. The summed E-state index contributed by atoms with van der Waals surface area (Å²) < 4.78 is 5.31. The number of nitro groups is 1. The molecule has 0 saturated carbocycles. The van der Waals surface area contributed by atoms with Gasteiger partial charge in [-0.15, -0.1) is 0 Å². The van der Waals surface area contributed by atoms with Crippen LogP contribution in [0.1, 0.15) is 17.2 Å². The van der Waals surface area contributed by atoms with Crippen LogP contribution < -0.4 is 0 Å². The van der Waals surface area contributed by atoms with E-state index < -0.39 is 10.8 Å². The highest BCUT2D eigenvalue weighted by molar-refractivity contribution is 5.94. The number of rotatable bonds is 3. The first-order chi connectivity index (χ1) is 10.2. The average Bonchev–Trinajstić information content (AvgIpc) is 3.02. The van der Waals surface area contributed by atoms with Crippen LogP contribution >= 0.6 is 0 Å². The maximum Gasteiger partial charge on any atom is 0.277 e. The van der Waals surface area contributed by atoms with Crippen molar-refractivity contribution in [2.24, 2.45) is 0 Å². The first-order valence-corrected chi connectivity index (χ1v) is 6.31. The summed E-state index contributed by atoms with van der Waals surface area (Å²) >= 11 is 0. The van der Waals surface area contributed by atoms with Crippen molar-refractivity contribution in [3.05, 3.63) is 76.2 Å². The summed E-state index contributed by atoms with van der Waals surface area (Å²) in [6.45, 7) is 0. The van der Waals surface area contributed by atoms with E-state index >= 15 is 0 Å². The van der Waals surface area contributed by atoms with Gasteiger partial charge in [0.25, 0.3) is 5.69 Å². The van der Waals surface area contributed by atoms with E-state index in [1.54, 1.807) is 42.5 Å². The number of nitro benzene ring substituents is 1. The molecule has 0 bridgehead atoms. The Hall–Kier alpha value is -3.13. The Bertz CT molecular complexity index is 848. The lowest BCUT2D eigenvalue weighted by atomic mass is 9.92. The molecule has 1 atom stereocenters. The van der Waals surface area contributed by atoms with Crippen LogP contribution in [0.15, 0.2) is 59.2 Å². The molecular weight excluding hydrogens is 268 g/mol. The molecule has 0 saturated heterocycles. The Labute approximate surface area is 120 Å². The SMILES string of the molecule is N#CC(c1ccco1)c1ccc([N+](=O)[O-])c2ccccc12. The molecule has 5 nitrogen and oxygen atoms in total. The summed E-state index contributed by atoms with van der Waals surface area (Å²) in [5.74, 6) is -0.0674. The minimum atomic E-state index is -0.592. The predicted octanol–water partition coefficient (Wildman–Crippen LogP) is 4.00. The van der Waals surface area contributed by atoms with Crippen LogP contribution in [0.3, 0.4) is 0 Å². The standard InChI is InChI=1S/C16H10N2O3/c17-10-14(16-6-3-9-21-16)12-7-8-15(18(19)20)13-5-2-1-4-11(12)13/h1-9,14H. The molecule has 1 heterocycles. The van der Waals surface area contributed by atoms with E-state index in [1.165, 1.54) is 12.3 Å². The summed E-state index contributed by atoms with van der Waals surface area (Å²) in [4.78, 5) is 10.7. The fraction of sp³-hybridized carbons (Fsp3) is 0.0625. The quantitative estimate of drug-likeness (QED) is 0.535. The molecule has 3 rings (SSSR count). The van der Waals surface area contributed by atoms with Gasteiger partial charge in [0.1, 0.15) is 11.7 Å². The maximum absolute atomic E-state index is 11.1. The smallest absolute Gasteiger partial charge is 0.277 e. The van der Waals surface area contributed by atoms with Gasteiger partial charge in [-0.2, -0.15) is 5.26 Å². The molecule has 21 heavy (non-hydrogen) atoms. The number of fused-ring (bicyclic) bond motifs is 1. The molecule has 0 aliphatic rings. The van der Waals surface area contributed by atoms with Crippen LogP contribution in [0.25, 0.3) is 10.8 Å². The van der Waals surface area contributed by atoms with Crippen molar-refractivity contribution in [2.45, 2.75) is 5.92 Å². The second-order valence-corrected chi connectivity index (χ2v) is 4.55. The molecule has 5 heteroatoms. The van der Waals surface area contributed by atoms with E-state index in [1.807, 2.05) is 0 Å². The zero-order valence-electron chi connectivity index (χ0n) is 10.9. The third-order valence-electron chi connectivity index (χ3n) is 3.40. The first-order valence-electron chi connectivity index (χ1n) is 6.31. The Balaban J connectivity index is 2.27. The van der Waals surface area contributed by atoms with Crippen molar-refractivity contribution in [3.63, 3.8) is 0 Å². The average molecular weight is 278 g/mol. The number of furan rings is 1. The lowest BCUT2D eigenvalue weighted by Crippen LogP contribution is -1.99. The van der Waals surface area contributed by atoms with Crippen molar-refractivity contribution in [1.29, 1.82) is 5.26 Å². The van der Waals surface area contributed by atoms with Crippen LogP contribution in [0.5, 0.6) is 0 Å². The zero-order chi connectivity index (χ0) is 14.8. The van der Waals surface area contributed by atoms with E-state index in [4.69, 9.17) is 4.42 Å². The summed E-state index contributed by atoms with van der Waals surface area (Å²) in [6.07, 6.45) is 1.51. The van der Waals surface area contributed by atoms with Crippen LogP contribution in [0, 0.1) is 21.4 Å². The number of non-ortho nitro benzene ring substituents is 1. The maximum atomic E-state index is 11.1. The van der Waals surface area contributed by atoms with Gasteiger partial charge in [-0.25, -0.2) is 0 Å². The second-order valence-electron chi connectivity index (χ2n) is 4.55. The van der Waals surface area contributed by atoms with Crippen LogP contribution in [0.4, 0.5) is 5.69 Å². The predicted molar refractivity (Wildman–Crippen MR) is 76.8 cm³/mol. The minimum Gasteiger partial charge on any atom is -0.468 e. The van der Waals surface area contributed by atoms with Crippen LogP contribution in [-0.4, -0.2) is 4.92 Å². The fourth-order valence-corrected chi connectivity index (χ4v) is 2.46. The Morgan fingerprint density at radius 1 is 1.10 bits per heavy atom. The van der Waals surface area contributed by atoms with Crippen molar-refractivity contribution in [1.82, 2.24) is 0 Å². The van der Waals surface area contributed by atoms with Crippen molar-refractivity contribution < 1.29 is 9.34 Å². The molecule has 0 spiro atoms. The zero-order valence-corrected chi connectivity index (χ0v) is 10.9. The molecule has 0 N–H and O–H groups in total. The molecule has 1 aromatic heterocycles. The van der Waals surface area contributed by atoms with Crippen molar-refractivity contribution >= 4 is 16.5 Å². The minimum absolute atomic E-state index is 0.0329. The monoisotopic (exact) mass is 278 g/mol. The molecule has 102 valence electrons. The lowest BCUT2D eigenvalue weighted by molar-refractivity contribution is -0.383. The molecular formula is C16H10N2O3. The van der Waals surface area contributed by atoms with Crippen LogP contribution in [-0.2, 0) is 0 Å². The number of hydrogen-bond donors (Lipinski definition) is 0. The number of nitrogens with zero attached hydrogens (tertiary/aromatic N) is 2. The molecule has 0 amide bonds. The second kappa shape index (κ2) is 5.10. The normalized spacial score (nSPS) is 12.0. The molecule has 1 unspecified atom stereocenters. The van der Waals surface area contributed by atoms with Crippen molar-refractivity contribution in [2.75, 3.05) is 0 Å². The first kappa shape index (κ1) is 12.9. The molecule has 3 aromatic rings. The fourth-order valence-electron chi connectivity index (χ4n) is 2.46. The van der Waals surface area contributed by atoms with Gasteiger partial charge in [0.05, 0.1) is 22.6 Å². The Kier molecular flexibility index (Phi) is 3.13. The van der Waals surface area contributed by atoms with Gasteiger partial charge in [0, 0.05) is 6.07 Å². The topological polar surface area (TPSA) is 80.1 Å². The van der Waals surface area contributed by atoms with E-state index in [0.29, 0.717) is 22.1 Å². The largest absolute Gasteiger partial charge is 0.468 e. The molecule has 0 aliphatic carbocycles. The highest BCUT2D eigenvalue weighted by atomic mass is 16.6. The van der Waals surface area contributed by atoms with Gasteiger partial charge in [-0.05, 0) is 35.2 Å². The van der Waals surface area contributed by atoms with Crippen molar-refractivity contribution in [3.8, 4) is 6.07 Å². The molecule has 0 fully saturated rings. The number of hydrogen-bond acceptors (Lipinski definition) is 4. The third kappa shape index (κ3) is 2.13. The van der Waals surface area contributed by atoms with Gasteiger partial charge >= 0.3 is 0 Å². The van der Waals surface area contributed by atoms with E-state index in [2.05, 4.69) is 6.07 Å². The highest BCUT2D eigenvalue weighted by Crippen LogP contribution is 2.34. The van der Waals surface area contributed by atoms with Gasteiger partial charge < -0.3 is 4.42 Å². The summed E-state index contributed by atoms with van der Waals surface area (Å²) in [5.41, 5.74) is 0.735. The van der Waals surface area contributed by atoms with Gasteiger partial charge in [-0.3, -0.25) is 10.1 Å².